The average Bonchev–Trinajstić information content (AvgIpc) is 3.72. The molecule has 2 aromatic rings. The van der Waals surface area contributed by atoms with Gasteiger partial charge in [0, 0.05) is 30.7 Å². The Labute approximate surface area is 216 Å². The molecule has 1 aliphatic rings. The number of hydrogen-bond acceptors (Lipinski definition) is 5. The number of benzene rings is 2. The van der Waals surface area contributed by atoms with Crippen LogP contribution in [-0.2, 0) is 14.4 Å². The topological polar surface area (TPSA) is 105 Å². The molecule has 1 aliphatic carbocycles. The largest absolute Gasteiger partial charge is 0.494 e. The first-order valence-corrected chi connectivity index (χ1v) is 12.4. The SMILES string of the molecule is COc1ccc(/C(=C\c2ccc(/C=C/C(=O)NCCCCCC(=O)CO)cc2)C(=O)NC2CC2)cc1F. The molecule has 3 N–H and O–H groups in total. The molecule has 0 radical (unpaired) electrons. The molecule has 196 valence electrons. The Bertz CT molecular complexity index is 1150. The van der Waals surface area contributed by atoms with Gasteiger partial charge in [-0.25, -0.2) is 4.39 Å². The maximum Gasteiger partial charge on any atom is 0.252 e. The molecule has 0 atom stereocenters. The second-order valence-corrected chi connectivity index (χ2v) is 8.95. The Morgan fingerprint density at radius 1 is 1.05 bits per heavy atom. The summed E-state index contributed by atoms with van der Waals surface area (Å²) in [4.78, 5) is 36.0. The molecule has 3 rings (SSSR count). The standard InChI is InChI=1S/C29H33FN2O5/c1-37-27-14-11-22(18-26(27)30)25(29(36)32-23-12-13-23)17-21-8-6-20(7-9-21)10-15-28(35)31-16-4-2-3-5-24(34)19-33/h6-11,14-15,17-18,23,33H,2-5,12-13,16,19H2,1H3,(H,31,35)(H,32,36)/b15-10+,25-17+. The summed E-state index contributed by atoms with van der Waals surface area (Å²) in [5.41, 5.74) is 2.39. The van der Waals surface area contributed by atoms with Gasteiger partial charge >= 0.3 is 0 Å². The van der Waals surface area contributed by atoms with E-state index >= 15 is 0 Å². The molecule has 8 heteroatoms. The number of halogens is 1. The molecular formula is C29H33FN2O5. The number of ether oxygens (including phenoxy) is 1. The lowest BCUT2D eigenvalue weighted by atomic mass is 10.0. The fourth-order valence-corrected chi connectivity index (χ4v) is 3.62. The number of amides is 2. The van der Waals surface area contributed by atoms with Gasteiger partial charge in [0.2, 0.25) is 5.91 Å². The lowest BCUT2D eigenvalue weighted by molar-refractivity contribution is -0.122. The lowest BCUT2D eigenvalue weighted by Gasteiger charge is -2.11. The molecule has 0 bridgehead atoms. The van der Waals surface area contributed by atoms with Crippen molar-refractivity contribution >= 4 is 35.3 Å². The fourth-order valence-electron chi connectivity index (χ4n) is 3.62. The number of methoxy groups -OCH3 is 1. The van der Waals surface area contributed by atoms with E-state index in [1.54, 1.807) is 18.2 Å². The minimum atomic E-state index is -0.541. The molecule has 37 heavy (non-hydrogen) atoms. The van der Waals surface area contributed by atoms with E-state index < -0.39 is 12.4 Å². The van der Waals surface area contributed by atoms with E-state index in [4.69, 9.17) is 9.84 Å². The van der Waals surface area contributed by atoms with Gasteiger partial charge in [-0.15, -0.1) is 0 Å². The maximum absolute atomic E-state index is 14.3. The summed E-state index contributed by atoms with van der Waals surface area (Å²) < 4.78 is 19.3. The highest BCUT2D eigenvalue weighted by Gasteiger charge is 2.25. The monoisotopic (exact) mass is 508 g/mol. The van der Waals surface area contributed by atoms with Gasteiger partial charge in [-0.05, 0) is 66.7 Å². The van der Waals surface area contributed by atoms with Crippen molar-refractivity contribution in [1.29, 1.82) is 0 Å². The van der Waals surface area contributed by atoms with Crippen LogP contribution in [0.25, 0.3) is 17.7 Å². The maximum atomic E-state index is 14.3. The van der Waals surface area contributed by atoms with E-state index in [-0.39, 0.29) is 29.4 Å². The van der Waals surface area contributed by atoms with Crippen LogP contribution in [0.1, 0.15) is 55.2 Å². The zero-order valence-electron chi connectivity index (χ0n) is 21.0. The van der Waals surface area contributed by atoms with Gasteiger partial charge in [0.15, 0.2) is 17.3 Å². The van der Waals surface area contributed by atoms with E-state index in [0.717, 1.165) is 36.8 Å². The summed E-state index contributed by atoms with van der Waals surface area (Å²) in [6.45, 7) is 0.0935. The third kappa shape index (κ3) is 9.31. The summed E-state index contributed by atoms with van der Waals surface area (Å²) in [7, 11) is 1.39. The highest BCUT2D eigenvalue weighted by Crippen LogP contribution is 2.27. The molecule has 0 saturated heterocycles. The highest BCUT2D eigenvalue weighted by atomic mass is 19.1. The van der Waals surface area contributed by atoms with Crippen LogP contribution in [0.5, 0.6) is 5.75 Å². The number of nitrogens with one attached hydrogen (secondary N) is 2. The Morgan fingerprint density at radius 3 is 2.43 bits per heavy atom. The van der Waals surface area contributed by atoms with Crippen molar-refractivity contribution < 1.29 is 28.6 Å². The van der Waals surface area contributed by atoms with Gasteiger partial charge in [0.05, 0.1) is 7.11 Å². The molecule has 0 aromatic heterocycles. The zero-order chi connectivity index (χ0) is 26.6. The van der Waals surface area contributed by atoms with Crippen molar-refractivity contribution in [3.63, 3.8) is 0 Å². The number of ketones is 1. The lowest BCUT2D eigenvalue weighted by Crippen LogP contribution is -2.26. The first kappa shape index (κ1) is 27.8. The van der Waals surface area contributed by atoms with Crippen molar-refractivity contribution in [1.82, 2.24) is 10.6 Å². The normalized spacial score (nSPS) is 13.4. The van der Waals surface area contributed by atoms with Gasteiger partial charge in [0.25, 0.3) is 5.91 Å². The van der Waals surface area contributed by atoms with Gasteiger partial charge in [-0.2, -0.15) is 0 Å². The number of hydrogen-bond donors (Lipinski definition) is 3. The molecule has 0 unspecified atom stereocenters. The average molecular weight is 509 g/mol. The number of unbranched alkanes of at least 4 members (excludes halogenated alkanes) is 2. The van der Waals surface area contributed by atoms with E-state index in [2.05, 4.69) is 10.6 Å². The summed E-state index contributed by atoms with van der Waals surface area (Å²) in [6.07, 6.45) is 9.36. The molecule has 2 aromatic carbocycles. The smallest absolute Gasteiger partial charge is 0.252 e. The van der Waals surface area contributed by atoms with Crippen molar-refractivity contribution in [3.05, 3.63) is 71.0 Å². The second kappa shape index (κ2) is 14.1. The Hall–Kier alpha value is -3.78. The van der Waals surface area contributed by atoms with Crippen LogP contribution >= 0.6 is 0 Å². The van der Waals surface area contributed by atoms with E-state index in [9.17, 15) is 18.8 Å². The number of rotatable bonds is 14. The minimum absolute atomic E-state index is 0.111. The molecule has 0 spiro atoms. The van der Waals surface area contributed by atoms with Crippen molar-refractivity contribution in [2.24, 2.45) is 0 Å². The van der Waals surface area contributed by atoms with Crippen LogP contribution < -0.4 is 15.4 Å². The number of Topliss-reactive ketones (excluding diaryl/α,β-unsaturated/α-hetero) is 1. The van der Waals surface area contributed by atoms with Crippen LogP contribution in [0, 0.1) is 5.82 Å². The summed E-state index contributed by atoms with van der Waals surface area (Å²) in [6, 6.07) is 11.9. The first-order valence-electron chi connectivity index (χ1n) is 12.4. The van der Waals surface area contributed by atoms with Crippen LogP contribution in [0.3, 0.4) is 0 Å². The molecule has 7 nitrogen and oxygen atoms in total. The van der Waals surface area contributed by atoms with Gasteiger partial charge in [0.1, 0.15) is 6.61 Å². The third-order valence-electron chi connectivity index (χ3n) is 5.90. The molecule has 0 aliphatic heterocycles. The fraction of sp³-hybridized carbons (Fsp3) is 0.345. The summed E-state index contributed by atoms with van der Waals surface area (Å²) in [5.74, 6) is -1.06. The quantitative estimate of drug-likeness (QED) is 0.204. The van der Waals surface area contributed by atoms with E-state index in [0.29, 0.717) is 30.5 Å². The molecule has 1 saturated carbocycles. The van der Waals surface area contributed by atoms with Crippen LogP contribution in [0.2, 0.25) is 0 Å². The zero-order valence-corrected chi connectivity index (χ0v) is 21.0. The van der Waals surface area contributed by atoms with Gasteiger partial charge in [-0.1, -0.05) is 36.8 Å². The van der Waals surface area contributed by atoms with Gasteiger partial charge < -0.3 is 20.5 Å². The third-order valence-corrected chi connectivity index (χ3v) is 5.90. The van der Waals surface area contributed by atoms with Crippen LogP contribution in [-0.4, -0.2) is 49.0 Å². The molecular weight excluding hydrogens is 475 g/mol. The van der Waals surface area contributed by atoms with Crippen molar-refractivity contribution in [2.75, 3.05) is 20.3 Å². The van der Waals surface area contributed by atoms with E-state index in [1.165, 1.54) is 25.3 Å². The van der Waals surface area contributed by atoms with E-state index in [1.807, 2.05) is 24.3 Å². The van der Waals surface area contributed by atoms with Crippen molar-refractivity contribution in [3.8, 4) is 5.75 Å². The molecule has 1 fully saturated rings. The summed E-state index contributed by atoms with van der Waals surface area (Å²) >= 11 is 0. The van der Waals surface area contributed by atoms with Crippen LogP contribution in [0.4, 0.5) is 4.39 Å². The Morgan fingerprint density at radius 2 is 1.78 bits per heavy atom. The predicted molar refractivity (Wildman–Crippen MR) is 141 cm³/mol. The predicted octanol–water partition coefficient (Wildman–Crippen LogP) is 3.90. The molecule has 2 amide bonds. The van der Waals surface area contributed by atoms with Crippen LogP contribution in [0.15, 0.2) is 48.5 Å². The number of aliphatic hydroxyl groups is 1. The minimum Gasteiger partial charge on any atom is -0.494 e. The first-order chi connectivity index (χ1) is 17.9. The number of aliphatic hydroxyl groups excluding tert-OH is 1. The molecule has 0 heterocycles. The second-order valence-electron chi connectivity index (χ2n) is 8.95. The Balaban J connectivity index is 1.59. The van der Waals surface area contributed by atoms with Crippen molar-refractivity contribution in [2.45, 2.75) is 44.6 Å². The van der Waals surface area contributed by atoms with Gasteiger partial charge in [-0.3, -0.25) is 14.4 Å². The Kier molecular flexibility index (Phi) is 10.6. The number of carbonyl (C=O) groups excluding carboxylic acids is 3. The summed E-state index contributed by atoms with van der Waals surface area (Å²) in [5, 5.41) is 14.5. The number of carbonyl (C=O) groups is 3. The highest BCUT2D eigenvalue weighted by molar-refractivity contribution is 6.24.